The summed E-state index contributed by atoms with van der Waals surface area (Å²) in [4.78, 5) is 11.9. The van der Waals surface area contributed by atoms with E-state index in [9.17, 15) is 4.79 Å². The molecule has 0 saturated carbocycles. The number of amides is 1. The molecule has 0 saturated heterocycles. The first kappa shape index (κ1) is 14.1. The maximum absolute atomic E-state index is 11.9. The molecule has 1 aromatic heterocycles. The molecule has 0 unspecified atom stereocenters. The summed E-state index contributed by atoms with van der Waals surface area (Å²) in [6, 6.07) is 7.21. The smallest absolute Gasteiger partial charge is 0.251 e. The summed E-state index contributed by atoms with van der Waals surface area (Å²) in [7, 11) is 0. The molecule has 2 aromatic rings. The van der Waals surface area contributed by atoms with Crippen molar-refractivity contribution in [2.75, 3.05) is 0 Å². The molecule has 100 valence electrons. The summed E-state index contributed by atoms with van der Waals surface area (Å²) in [5.74, 6) is -0.150. The third kappa shape index (κ3) is 3.58. The molecule has 0 aliphatic rings. The summed E-state index contributed by atoms with van der Waals surface area (Å²) < 4.78 is 2.61. The van der Waals surface area contributed by atoms with Crippen LogP contribution >= 0.6 is 27.5 Å². The van der Waals surface area contributed by atoms with Crippen LogP contribution in [0.4, 0.5) is 0 Å². The molecular weight excluding hydrogens is 330 g/mol. The van der Waals surface area contributed by atoms with Crippen molar-refractivity contribution in [2.24, 2.45) is 0 Å². The lowest BCUT2D eigenvalue weighted by Crippen LogP contribution is -2.23. The van der Waals surface area contributed by atoms with Gasteiger partial charge in [-0.15, -0.1) is 0 Å². The molecule has 1 aromatic carbocycles. The van der Waals surface area contributed by atoms with Gasteiger partial charge in [0.15, 0.2) is 0 Å². The van der Waals surface area contributed by atoms with E-state index in [1.54, 1.807) is 23.0 Å². The van der Waals surface area contributed by atoms with Gasteiger partial charge in [0.05, 0.1) is 11.6 Å². The Bertz CT molecular complexity index is 597. The van der Waals surface area contributed by atoms with Crippen molar-refractivity contribution >= 4 is 33.4 Å². The predicted octanol–water partition coefficient (Wildman–Crippen LogP) is 3.25. The number of benzene rings is 1. The third-order valence-electron chi connectivity index (χ3n) is 2.61. The van der Waals surface area contributed by atoms with Gasteiger partial charge in [0.25, 0.3) is 5.91 Å². The number of halogens is 2. The number of carbonyl (C=O) groups excluding carboxylic acids is 1. The van der Waals surface area contributed by atoms with Gasteiger partial charge < -0.3 is 5.32 Å². The van der Waals surface area contributed by atoms with Gasteiger partial charge in [0.2, 0.25) is 0 Å². The van der Waals surface area contributed by atoms with E-state index in [2.05, 4.69) is 26.3 Å². The number of hydrogen-bond acceptors (Lipinski definition) is 2. The maximum Gasteiger partial charge on any atom is 0.251 e. The first-order valence-corrected chi connectivity index (χ1v) is 7.03. The van der Waals surface area contributed by atoms with Crippen LogP contribution in [0.15, 0.2) is 34.9 Å². The van der Waals surface area contributed by atoms with E-state index in [1.165, 1.54) is 0 Å². The highest BCUT2D eigenvalue weighted by Crippen LogP contribution is 2.14. The van der Waals surface area contributed by atoms with Crippen LogP contribution in [0.5, 0.6) is 0 Å². The fourth-order valence-electron chi connectivity index (χ4n) is 1.61. The average Bonchev–Trinajstić information content (AvgIpc) is 2.76. The van der Waals surface area contributed by atoms with Crippen molar-refractivity contribution < 1.29 is 4.79 Å². The number of carbonyl (C=O) groups is 1. The van der Waals surface area contributed by atoms with Gasteiger partial charge in [-0.2, -0.15) is 5.10 Å². The largest absolute Gasteiger partial charge is 0.346 e. The number of nitrogens with one attached hydrogen (secondary N) is 1. The Hall–Kier alpha value is -1.33. The Morgan fingerprint density at radius 1 is 1.53 bits per heavy atom. The molecule has 2 rings (SSSR count). The van der Waals surface area contributed by atoms with Gasteiger partial charge in [-0.25, -0.2) is 0 Å². The summed E-state index contributed by atoms with van der Waals surface area (Å²) in [6.07, 6.45) is 1.75. The number of hydrogen-bond donors (Lipinski definition) is 1. The van der Waals surface area contributed by atoms with Crippen LogP contribution in [0.2, 0.25) is 5.02 Å². The molecule has 0 spiro atoms. The van der Waals surface area contributed by atoms with Gasteiger partial charge in [-0.05, 0) is 25.1 Å². The fraction of sp³-hybridized carbons (Fsp3) is 0.231. The van der Waals surface area contributed by atoms with Crippen LogP contribution in [0.1, 0.15) is 23.0 Å². The first-order chi connectivity index (χ1) is 9.10. The minimum Gasteiger partial charge on any atom is -0.346 e. The Labute approximate surface area is 124 Å². The Morgan fingerprint density at radius 3 is 2.95 bits per heavy atom. The van der Waals surface area contributed by atoms with E-state index >= 15 is 0 Å². The third-order valence-corrected chi connectivity index (χ3v) is 3.42. The quantitative estimate of drug-likeness (QED) is 0.927. The van der Waals surface area contributed by atoms with Crippen molar-refractivity contribution in [1.29, 1.82) is 0 Å². The van der Waals surface area contributed by atoms with Crippen LogP contribution in [0.25, 0.3) is 0 Å². The van der Waals surface area contributed by atoms with Gasteiger partial charge in [0.1, 0.15) is 5.69 Å². The van der Waals surface area contributed by atoms with E-state index in [1.807, 2.05) is 19.1 Å². The molecule has 6 heteroatoms. The van der Waals surface area contributed by atoms with Gasteiger partial charge in [-0.3, -0.25) is 9.48 Å². The predicted molar refractivity (Wildman–Crippen MR) is 78.2 cm³/mol. The maximum atomic E-state index is 11.9. The Balaban J connectivity index is 2.02. The van der Waals surface area contributed by atoms with Crippen molar-refractivity contribution in [1.82, 2.24) is 15.1 Å². The molecule has 0 fully saturated rings. The van der Waals surface area contributed by atoms with Crippen LogP contribution in [0.3, 0.4) is 0 Å². The van der Waals surface area contributed by atoms with Crippen molar-refractivity contribution in [3.8, 4) is 0 Å². The second-order valence-corrected chi connectivity index (χ2v) is 5.30. The van der Waals surface area contributed by atoms with Crippen LogP contribution in [0, 0.1) is 0 Å². The fourth-order valence-corrected chi connectivity index (χ4v) is 2.23. The average molecular weight is 343 g/mol. The lowest BCUT2D eigenvalue weighted by atomic mass is 10.2. The number of nitrogens with zero attached hydrogens (tertiary/aromatic N) is 2. The van der Waals surface area contributed by atoms with Gasteiger partial charge in [-0.1, -0.05) is 33.6 Å². The zero-order valence-electron chi connectivity index (χ0n) is 10.4. The van der Waals surface area contributed by atoms with Crippen molar-refractivity contribution in [3.63, 3.8) is 0 Å². The summed E-state index contributed by atoms with van der Waals surface area (Å²) >= 11 is 9.37. The van der Waals surface area contributed by atoms with E-state index < -0.39 is 0 Å². The zero-order valence-corrected chi connectivity index (χ0v) is 12.7. The lowest BCUT2D eigenvalue weighted by Gasteiger charge is -2.04. The van der Waals surface area contributed by atoms with Gasteiger partial charge >= 0.3 is 0 Å². The summed E-state index contributed by atoms with van der Waals surface area (Å²) in [5, 5.41) is 7.64. The minimum absolute atomic E-state index is 0.150. The standard InChI is InChI=1S/C13H13BrClN3O/c1-2-18-8-11(15)12(17-18)7-16-13(19)9-4-3-5-10(14)6-9/h3-6,8H,2,7H2,1H3,(H,16,19). The van der Waals surface area contributed by atoms with E-state index in [0.29, 0.717) is 22.8 Å². The molecule has 0 aliphatic carbocycles. The molecule has 0 aliphatic heterocycles. The Morgan fingerprint density at radius 2 is 2.32 bits per heavy atom. The molecule has 19 heavy (non-hydrogen) atoms. The highest BCUT2D eigenvalue weighted by molar-refractivity contribution is 9.10. The molecule has 4 nitrogen and oxygen atoms in total. The van der Waals surface area contributed by atoms with E-state index in [4.69, 9.17) is 11.6 Å². The molecular formula is C13H13BrClN3O. The molecule has 0 radical (unpaired) electrons. The highest BCUT2D eigenvalue weighted by atomic mass is 79.9. The van der Waals surface area contributed by atoms with E-state index in [-0.39, 0.29) is 5.91 Å². The summed E-state index contributed by atoms with van der Waals surface area (Å²) in [6.45, 7) is 3.05. The van der Waals surface area contributed by atoms with Crippen LogP contribution < -0.4 is 5.32 Å². The topological polar surface area (TPSA) is 46.9 Å². The molecule has 1 amide bonds. The zero-order chi connectivity index (χ0) is 13.8. The molecule has 0 bridgehead atoms. The Kier molecular flexibility index (Phi) is 4.61. The monoisotopic (exact) mass is 341 g/mol. The van der Waals surface area contributed by atoms with Crippen LogP contribution in [-0.4, -0.2) is 15.7 Å². The SMILES string of the molecule is CCn1cc(Cl)c(CNC(=O)c2cccc(Br)c2)n1. The second kappa shape index (κ2) is 6.21. The highest BCUT2D eigenvalue weighted by Gasteiger charge is 2.09. The molecule has 0 atom stereocenters. The van der Waals surface area contributed by atoms with Crippen molar-refractivity contribution in [3.05, 3.63) is 51.2 Å². The first-order valence-electron chi connectivity index (χ1n) is 5.85. The minimum atomic E-state index is -0.150. The van der Waals surface area contributed by atoms with Gasteiger partial charge in [0, 0.05) is 22.8 Å². The molecule has 1 N–H and O–H groups in total. The summed E-state index contributed by atoms with van der Waals surface area (Å²) in [5.41, 5.74) is 1.27. The van der Waals surface area contributed by atoms with E-state index in [0.717, 1.165) is 11.0 Å². The number of rotatable bonds is 4. The normalized spacial score (nSPS) is 10.5. The second-order valence-electron chi connectivity index (χ2n) is 3.97. The molecule has 1 heterocycles. The van der Waals surface area contributed by atoms with Crippen molar-refractivity contribution in [2.45, 2.75) is 20.0 Å². The number of aromatic nitrogens is 2. The number of aryl methyl sites for hydroxylation is 1. The lowest BCUT2D eigenvalue weighted by molar-refractivity contribution is 0.0950. The van der Waals surface area contributed by atoms with Crippen LogP contribution in [-0.2, 0) is 13.1 Å².